The molecule has 0 bridgehead atoms. The lowest BCUT2D eigenvalue weighted by Crippen LogP contribution is -2.10. The molecule has 3 aromatic rings. The first-order valence-electron chi connectivity index (χ1n) is 8.20. The molecule has 0 N–H and O–H groups in total. The quantitative estimate of drug-likeness (QED) is 0.456. The molecule has 27 heavy (non-hydrogen) atoms. The SMILES string of the molecule is COC(=O)c1cc(OCCOc2c(C)cc(-c3noc(C)n3)cc2C)no1. The molecule has 0 unspecified atom stereocenters. The number of aryl methyl sites for hydroxylation is 3. The van der Waals surface area contributed by atoms with Crippen molar-refractivity contribution in [1.29, 1.82) is 0 Å². The summed E-state index contributed by atoms with van der Waals surface area (Å²) in [6.45, 7) is 6.16. The second kappa shape index (κ2) is 7.90. The number of ether oxygens (including phenoxy) is 3. The van der Waals surface area contributed by atoms with E-state index in [-0.39, 0.29) is 18.2 Å². The van der Waals surface area contributed by atoms with E-state index in [9.17, 15) is 4.79 Å². The first-order chi connectivity index (χ1) is 13.0. The Kier molecular flexibility index (Phi) is 5.39. The lowest BCUT2D eigenvalue weighted by molar-refractivity contribution is 0.0554. The lowest BCUT2D eigenvalue weighted by atomic mass is 10.1. The summed E-state index contributed by atoms with van der Waals surface area (Å²) in [7, 11) is 1.26. The molecular formula is C18H19N3O6. The van der Waals surface area contributed by atoms with Crippen LogP contribution in [0.25, 0.3) is 11.4 Å². The molecule has 0 atom stereocenters. The van der Waals surface area contributed by atoms with Crippen LogP contribution in [0.1, 0.15) is 27.6 Å². The summed E-state index contributed by atoms with van der Waals surface area (Å²) in [6, 6.07) is 5.24. The third kappa shape index (κ3) is 4.25. The van der Waals surface area contributed by atoms with Gasteiger partial charge in [0.15, 0.2) is 0 Å². The summed E-state index contributed by atoms with van der Waals surface area (Å²) in [6.07, 6.45) is 0. The van der Waals surface area contributed by atoms with Gasteiger partial charge in [-0.15, -0.1) is 0 Å². The van der Waals surface area contributed by atoms with E-state index in [2.05, 4.69) is 20.0 Å². The van der Waals surface area contributed by atoms with E-state index in [1.54, 1.807) is 6.92 Å². The molecule has 0 spiro atoms. The average molecular weight is 373 g/mol. The van der Waals surface area contributed by atoms with E-state index in [0.717, 1.165) is 22.4 Å². The molecule has 1 aromatic carbocycles. The van der Waals surface area contributed by atoms with E-state index in [1.807, 2.05) is 26.0 Å². The smallest absolute Gasteiger partial charge is 0.377 e. The number of aromatic nitrogens is 3. The molecule has 9 nitrogen and oxygen atoms in total. The number of carbonyl (C=O) groups excluding carboxylic acids is 1. The number of esters is 1. The number of nitrogens with zero attached hydrogens (tertiary/aromatic N) is 3. The van der Waals surface area contributed by atoms with Crippen LogP contribution in [0, 0.1) is 20.8 Å². The maximum atomic E-state index is 11.3. The van der Waals surface area contributed by atoms with Gasteiger partial charge in [-0.1, -0.05) is 5.16 Å². The van der Waals surface area contributed by atoms with Gasteiger partial charge >= 0.3 is 5.97 Å². The molecule has 0 fully saturated rings. The second-order valence-corrected chi connectivity index (χ2v) is 5.79. The fraction of sp³-hybridized carbons (Fsp3) is 0.333. The molecular weight excluding hydrogens is 354 g/mol. The Morgan fingerprint density at radius 2 is 1.70 bits per heavy atom. The Bertz CT molecular complexity index is 923. The summed E-state index contributed by atoms with van der Waals surface area (Å²) < 4.78 is 25.6. The van der Waals surface area contributed by atoms with Crippen LogP contribution in [0.5, 0.6) is 11.6 Å². The fourth-order valence-corrected chi connectivity index (χ4v) is 2.54. The average Bonchev–Trinajstić information content (AvgIpc) is 3.28. The molecule has 0 saturated heterocycles. The Morgan fingerprint density at radius 1 is 1.00 bits per heavy atom. The van der Waals surface area contributed by atoms with Crippen LogP contribution in [0.2, 0.25) is 0 Å². The van der Waals surface area contributed by atoms with Gasteiger partial charge in [0.1, 0.15) is 19.0 Å². The molecule has 0 aliphatic heterocycles. The minimum Gasteiger partial charge on any atom is -0.489 e. The maximum absolute atomic E-state index is 11.3. The normalized spacial score (nSPS) is 10.7. The largest absolute Gasteiger partial charge is 0.489 e. The van der Waals surface area contributed by atoms with E-state index in [4.69, 9.17) is 18.5 Å². The first-order valence-corrected chi connectivity index (χ1v) is 8.20. The summed E-state index contributed by atoms with van der Waals surface area (Å²) in [4.78, 5) is 15.5. The fourth-order valence-electron chi connectivity index (χ4n) is 2.54. The molecule has 0 saturated carbocycles. The van der Waals surface area contributed by atoms with Crippen LogP contribution in [0.15, 0.2) is 27.2 Å². The van der Waals surface area contributed by atoms with Crippen molar-refractivity contribution in [3.8, 4) is 23.0 Å². The zero-order valence-corrected chi connectivity index (χ0v) is 15.4. The third-order valence-electron chi connectivity index (χ3n) is 3.70. The van der Waals surface area contributed by atoms with Gasteiger partial charge < -0.3 is 23.3 Å². The van der Waals surface area contributed by atoms with Gasteiger partial charge in [0.25, 0.3) is 5.88 Å². The van der Waals surface area contributed by atoms with Crippen molar-refractivity contribution in [2.24, 2.45) is 0 Å². The van der Waals surface area contributed by atoms with E-state index in [1.165, 1.54) is 13.2 Å². The van der Waals surface area contributed by atoms with Gasteiger partial charge in [-0.05, 0) is 42.3 Å². The molecule has 142 valence electrons. The van der Waals surface area contributed by atoms with Crippen LogP contribution in [0.4, 0.5) is 0 Å². The highest BCUT2D eigenvalue weighted by Crippen LogP contribution is 2.29. The standard InChI is InChI=1S/C18H19N3O6/c1-10-7-13(17-19-12(3)26-21-17)8-11(2)16(10)25-6-5-24-15-9-14(27-20-15)18(22)23-4/h7-9H,5-6H2,1-4H3. The third-order valence-corrected chi connectivity index (χ3v) is 3.70. The van der Waals surface area contributed by atoms with Gasteiger partial charge in [0, 0.05) is 12.5 Å². The predicted octanol–water partition coefficient (Wildman–Crippen LogP) is 2.89. The summed E-state index contributed by atoms with van der Waals surface area (Å²) in [5.41, 5.74) is 2.76. The Hall–Kier alpha value is -3.36. The predicted molar refractivity (Wildman–Crippen MR) is 92.8 cm³/mol. The molecule has 0 amide bonds. The van der Waals surface area contributed by atoms with Crippen molar-refractivity contribution in [2.45, 2.75) is 20.8 Å². The maximum Gasteiger partial charge on any atom is 0.377 e. The first kappa shape index (κ1) is 18.4. The highest BCUT2D eigenvalue weighted by molar-refractivity contribution is 5.86. The summed E-state index contributed by atoms with van der Waals surface area (Å²) in [5, 5.41) is 7.57. The van der Waals surface area contributed by atoms with Crippen LogP contribution in [0.3, 0.4) is 0 Å². The van der Waals surface area contributed by atoms with E-state index >= 15 is 0 Å². The molecule has 0 radical (unpaired) electrons. The van der Waals surface area contributed by atoms with Crippen LogP contribution in [-0.2, 0) is 4.74 Å². The molecule has 9 heteroatoms. The Labute approximate surface area is 155 Å². The molecule has 0 aliphatic carbocycles. The monoisotopic (exact) mass is 373 g/mol. The zero-order valence-electron chi connectivity index (χ0n) is 15.4. The number of methoxy groups -OCH3 is 1. The minimum atomic E-state index is -0.614. The number of rotatable bonds is 7. The Morgan fingerprint density at radius 3 is 2.33 bits per heavy atom. The molecule has 0 aliphatic rings. The topological polar surface area (TPSA) is 110 Å². The van der Waals surface area contributed by atoms with Gasteiger partial charge in [0.2, 0.25) is 17.5 Å². The van der Waals surface area contributed by atoms with Gasteiger partial charge in [-0.2, -0.15) is 4.98 Å². The van der Waals surface area contributed by atoms with Crippen LogP contribution < -0.4 is 9.47 Å². The van der Waals surface area contributed by atoms with Crippen molar-refractivity contribution in [3.05, 3.63) is 41.0 Å². The van der Waals surface area contributed by atoms with E-state index in [0.29, 0.717) is 18.3 Å². The molecule has 2 aromatic heterocycles. The zero-order chi connectivity index (χ0) is 19.4. The minimum absolute atomic E-state index is 0.0209. The van der Waals surface area contributed by atoms with Gasteiger partial charge in [-0.25, -0.2) is 4.79 Å². The molecule has 2 heterocycles. The van der Waals surface area contributed by atoms with Gasteiger partial charge in [-0.3, -0.25) is 0 Å². The van der Waals surface area contributed by atoms with Crippen molar-refractivity contribution < 1.29 is 28.1 Å². The second-order valence-electron chi connectivity index (χ2n) is 5.79. The summed E-state index contributed by atoms with van der Waals surface area (Å²) >= 11 is 0. The number of benzene rings is 1. The summed E-state index contributed by atoms with van der Waals surface area (Å²) in [5.74, 6) is 1.37. The number of carbonyl (C=O) groups is 1. The van der Waals surface area contributed by atoms with Crippen molar-refractivity contribution in [1.82, 2.24) is 15.3 Å². The van der Waals surface area contributed by atoms with Crippen molar-refractivity contribution >= 4 is 5.97 Å². The number of hydrogen-bond donors (Lipinski definition) is 0. The van der Waals surface area contributed by atoms with Crippen molar-refractivity contribution in [3.63, 3.8) is 0 Å². The highest BCUT2D eigenvalue weighted by atomic mass is 16.6. The van der Waals surface area contributed by atoms with Crippen molar-refractivity contribution in [2.75, 3.05) is 20.3 Å². The Balaban J connectivity index is 1.58. The van der Waals surface area contributed by atoms with E-state index < -0.39 is 5.97 Å². The molecule has 3 rings (SSSR count). The number of hydrogen-bond acceptors (Lipinski definition) is 9. The van der Waals surface area contributed by atoms with Gasteiger partial charge in [0.05, 0.1) is 13.2 Å². The highest BCUT2D eigenvalue weighted by Gasteiger charge is 2.14. The lowest BCUT2D eigenvalue weighted by Gasteiger charge is -2.13. The van der Waals surface area contributed by atoms with Crippen LogP contribution >= 0.6 is 0 Å². The van der Waals surface area contributed by atoms with Crippen LogP contribution in [-0.4, -0.2) is 41.6 Å².